The molecule has 2 saturated carbocycles. The topological polar surface area (TPSA) is 110 Å². The van der Waals surface area contributed by atoms with Gasteiger partial charge < -0.3 is 33.5 Å². The van der Waals surface area contributed by atoms with Gasteiger partial charge in [-0.25, -0.2) is 0 Å². The summed E-state index contributed by atoms with van der Waals surface area (Å²) in [5.74, 6) is 1.46. The van der Waals surface area contributed by atoms with Gasteiger partial charge in [0, 0.05) is 12.8 Å². The molecule has 2 atom stereocenters. The number of allylic oxidation sites excluding steroid dienone is 5. The second kappa shape index (κ2) is 23.2. The van der Waals surface area contributed by atoms with E-state index in [2.05, 4.69) is 0 Å². The van der Waals surface area contributed by atoms with Crippen LogP contribution in [0.2, 0.25) is 0 Å². The molecule has 2 heterocycles. The van der Waals surface area contributed by atoms with Crippen molar-refractivity contribution in [2.45, 2.75) is 51.1 Å². The molecule has 10 heteroatoms. The quantitative estimate of drug-likeness (QED) is 0.0880. The average Bonchev–Trinajstić information content (AvgIpc) is 3.97. The third-order valence-electron chi connectivity index (χ3n) is 8.47. The molecule has 4 aliphatic rings. The van der Waals surface area contributed by atoms with E-state index in [0.717, 1.165) is 38.5 Å². The number of benzene rings is 2. The first-order valence-corrected chi connectivity index (χ1v) is 17.8. The Bertz CT molecular complexity index is 1600. The minimum Gasteiger partial charge on any atom is -0.507 e. The zero-order chi connectivity index (χ0) is 37.3. The Balaban J connectivity index is 0.000001000. The molecule has 9 nitrogen and oxygen atoms in total. The maximum absolute atomic E-state index is 13.5. The Morgan fingerprint density at radius 1 is 0.648 bits per heavy atom. The molecule has 4 fully saturated rings. The molecule has 1 N–H and O–H groups in total. The SMILES string of the molecule is COc1cc(/C=C/C(=O)C(/C=C/C(=O)[C]2[CH][CH][CH][CH]2)=C(O)/C=C/c2ccc(OC3CCCCO3)c(OC)c2)ccc1OC1CCCCO1.[CH]1[CH][CH][CH][CH]1.[Fe+2]. The number of rotatable bonds is 14. The van der Waals surface area contributed by atoms with E-state index in [4.69, 9.17) is 28.4 Å². The van der Waals surface area contributed by atoms with Gasteiger partial charge in [-0.05, 0) is 143 Å². The van der Waals surface area contributed by atoms with Gasteiger partial charge in [0.15, 0.2) is 47.1 Å². The summed E-state index contributed by atoms with van der Waals surface area (Å²) in [5, 5.41) is 11.1. The summed E-state index contributed by atoms with van der Waals surface area (Å²) in [5.41, 5.74) is 1.31. The van der Waals surface area contributed by atoms with Crippen LogP contribution in [-0.4, -0.2) is 56.7 Å². The van der Waals surface area contributed by atoms with Gasteiger partial charge in [-0.3, -0.25) is 9.59 Å². The van der Waals surface area contributed by atoms with E-state index in [9.17, 15) is 14.7 Å². The maximum atomic E-state index is 13.5. The molecule has 282 valence electrons. The average molecular weight is 775 g/mol. The van der Waals surface area contributed by atoms with Crippen LogP contribution in [0.3, 0.4) is 0 Å². The van der Waals surface area contributed by atoms with Crippen LogP contribution < -0.4 is 18.9 Å². The normalized spacial score (nSPS) is 20.9. The molecule has 54 heavy (non-hydrogen) atoms. The van der Waals surface area contributed by atoms with E-state index in [1.807, 2.05) is 38.2 Å². The van der Waals surface area contributed by atoms with Crippen molar-refractivity contribution in [3.05, 3.63) is 147 Å². The number of aliphatic hydroxyl groups is 1. The summed E-state index contributed by atoms with van der Waals surface area (Å²) in [6.45, 7) is 1.32. The van der Waals surface area contributed by atoms with Gasteiger partial charge in [-0.15, -0.1) is 0 Å². The van der Waals surface area contributed by atoms with Crippen LogP contribution in [0.4, 0.5) is 0 Å². The first-order valence-electron chi connectivity index (χ1n) is 17.8. The van der Waals surface area contributed by atoms with Gasteiger partial charge in [0.1, 0.15) is 5.76 Å². The summed E-state index contributed by atoms with van der Waals surface area (Å²) in [6.07, 6.45) is 30.5. The van der Waals surface area contributed by atoms with Crippen LogP contribution in [0.25, 0.3) is 12.2 Å². The van der Waals surface area contributed by atoms with Crippen molar-refractivity contribution in [3.8, 4) is 23.0 Å². The van der Waals surface area contributed by atoms with Crippen molar-refractivity contribution >= 4 is 23.7 Å². The van der Waals surface area contributed by atoms with E-state index >= 15 is 0 Å². The van der Waals surface area contributed by atoms with Crippen LogP contribution in [0.1, 0.15) is 49.7 Å². The number of carbonyl (C=O) groups excluding carboxylic acids is 2. The fourth-order valence-corrected chi connectivity index (χ4v) is 5.60. The molecule has 0 amide bonds. The number of ketones is 2. The van der Waals surface area contributed by atoms with Gasteiger partial charge >= 0.3 is 17.1 Å². The Hall–Kier alpha value is -3.82. The molecule has 0 bridgehead atoms. The zero-order valence-electron chi connectivity index (χ0n) is 30.5. The standard InChI is InChI=1S/C39H41O9.C5H5.Fe/c1-43-36-25-27(15-21-34(36)47-38-11-5-7-23-45-38)13-18-32(41)30(17-20-31(40)29-9-3-4-10-29)33(42)19-14-28-16-22-35(37(26-28)44-2)48-39-12-6-8-24-46-39;1-2-4-5-3-1;/h3-4,9-10,13-22,25-26,38-39,41H,5-8,11-12,23-24H2,1-2H3;1-5H;/q;;+2/b18-13+,19-14+,20-17+,32-30-;;. The molecule has 10 radical (unpaired) electrons. The molecule has 2 aliphatic heterocycles. The molecule has 0 spiro atoms. The van der Waals surface area contributed by atoms with Crippen LogP contribution in [-0.2, 0) is 36.1 Å². The van der Waals surface area contributed by atoms with E-state index < -0.39 is 5.78 Å². The third-order valence-corrected chi connectivity index (χ3v) is 8.47. The molecule has 2 saturated heterocycles. The van der Waals surface area contributed by atoms with Crippen molar-refractivity contribution in [2.24, 2.45) is 0 Å². The minimum absolute atomic E-state index is 0. The smallest absolute Gasteiger partial charge is 0.507 e. The van der Waals surface area contributed by atoms with Crippen molar-refractivity contribution in [3.63, 3.8) is 0 Å². The van der Waals surface area contributed by atoms with Crippen LogP contribution in [0.5, 0.6) is 23.0 Å². The number of hydrogen-bond donors (Lipinski definition) is 1. The number of methoxy groups -OCH3 is 2. The maximum Gasteiger partial charge on any atom is 2.00 e. The molecular formula is C44H46FeO9+2. The molecule has 2 aromatic carbocycles. The summed E-state index contributed by atoms with van der Waals surface area (Å²) < 4.78 is 34.4. The first kappa shape index (κ1) is 42.9. The van der Waals surface area contributed by atoms with Gasteiger partial charge in [0.2, 0.25) is 0 Å². The Labute approximate surface area is 331 Å². The fourth-order valence-electron chi connectivity index (χ4n) is 5.60. The Morgan fingerprint density at radius 2 is 1.15 bits per heavy atom. The predicted octanol–water partition coefficient (Wildman–Crippen LogP) is 8.17. The number of carbonyl (C=O) groups is 2. The van der Waals surface area contributed by atoms with Crippen molar-refractivity contribution in [1.82, 2.24) is 0 Å². The molecule has 2 aliphatic carbocycles. The monoisotopic (exact) mass is 774 g/mol. The molecule has 2 unspecified atom stereocenters. The molecule has 6 rings (SSSR count). The minimum atomic E-state index is -0.507. The van der Waals surface area contributed by atoms with E-state index in [0.29, 0.717) is 53.3 Å². The summed E-state index contributed by atoms with van der Waals surface area (Å²) in [4.78, 5) is 26.2. The van der Waals surface area contributed by atoms with Gasteiger partial charge in [-0.1, -0.05) is 24.3 Å². The van der Waals surface area contributed by atoms with E-state index in [1.165, 1.54) is 24.3 Å². The number of aliphatic hydroxyl groups excluding tert-OH is 1. The van der Waals surface area contributed by atoms with Gasteiger partial charge in [-0.2, -0.15) is 0 Å². The van der Waals surface area contributed by atoms with E-state index in [-0.39, 0.29) is 46.8 Å². The zero-order valence-corrected chi connectivity index (χ0v) is 31.6. The number of hydrogen-bond acceptors (Lipinski definition) is 9. The van der Waals surface area contributed by atoms with Gasteiger partial charge in [0.05, 0.1) is 38.9 Å². The molecule has 2 aromatic rings. The van der Waals surface area contributed by atoms with Crippen LogP contribution in [0, 0.1) is 63.7 Å². The van der Waals surface area contributed by atoms with Crippen molar-refractivity contribution in [2.75, 3.05) is 27.4 Å². The third kappa shape index (κ3) is 13.5. The molecule has 0 aromatic heterocycles. The van der Waals surface area contributed by atoms with E-state index in [1.54, 1.807) is 82.4 Å². The first-order chi connectivity index (χ1) is 25.9. The molecular weight excluding hydrogens is 728 g/mol. The summed E-state index contributed by atoms with van der Waals surface area (Å²) in [6, 6.07) is 10.7. The van der Waals surface area contributed by atoms with Crippen LogP contribution in [0.15, 0.2) is 72.0 Å². The fraction of sp³-hybridized carbons (Fsp3) is 0.273. The van der Waals surface area contributed by atoms with Crippen LogP contribution >= 0.6 is 0 Å². The largest absolute Gasteiger partial charge is 2.00 e. The summed E-state index contributed by atoms with van der Waals surface area (Å²) >= 11 is 0. The second-order valence-electron chi connectivity index (χ2n) is 12.3. The predicted molar refractivity (Wildman–Crippen MR) is 203 cm³/mol. The summed E-state index contributed by atoms with van der Waals surface area (Å²) in [7, 11) is 3.09. The second-order valence-corrected chi connectivity index (χ2v) is 12.3. The Morgan fingerprint density at radius 3 is 1.61 bits per heavy atom. The van der Waals surface area contributed by atoms with Crippen molar-refractivity contribution < 1.29 is 60.2 Å². The van der Waals surface area contributed by atoms with Gasteiger partial charge in [0.25, 0.3) is 0 Å². The Kier molecular flexibility index (Phi) is 18.4. The van der Waals surface area contributed by atoms with Crippen molar-refractivity contribution in [1.29, 1.82) is 0 Å². The number of ether oxygens (including phenoxy) is 6.